The highest BCUT2D eigenvalue weighted by Crippen LogP contribution is 2.24. The maximum Gasteiger partial charge on any atom is 0.263 e. The normalized spacial score (nSPS) is 11.9. The van der Waals surface area contributed by atoms with E-state index in [2.05, 4.69) is 15.3 Å². The van der Waals surface area contributed by atoms with Crippen LogP contribution in [-0.2, 0) is 6.54 Å². The van der Waals surface area contributed by atoms with Gasteiger partial charge in [0.05, 0.1) is 17.6 Å². The van der Waals surface area contributed by atoms with Gasteiger partial charge in [0.15, 0.2) is 0 Å². The van der Waals surface area contributed by atoms with Gasteiger partial charge in [-0.25, -0.2) is 9.67 Å². The molecule has 0 bridgehead atoms. The van der Waals surface area contributed by atoms with E-state index in [4.69, 9.17) is 5.10 Å². The molecule has 0 spiro atoms. The molecule has 0 aliphatic heterocycles. The van der Waals surface area contributed by atoms with Gasteiger partial charge >= 0.3 is 0 Å². The Bertz CT molecular complexity index is 1110. The van der Waals surface area contributed by atoms with Crippen LogP contribution in [-0.4, -0.2) is 30.8 Å². The van der Waals surface area contributed by atoms with Crippen LogP contribution in [0.25, 0.3) is 16.9 Å². The number of rotatable bonds is 6. The molecule has 1 atom stereocenters. The predicted molar refractivity (Wildman–Crippen MR) is 111 cm³/mol. The summed E-state index contributed by atoms with van der Waals surface area (Å²) in [5, 5.41) is 17.8. The van der Waals surface area contributed by atoms with Crippen LogP contribution in [0.15, 0.2) is 67.3 Å². The fraction of sp³-hybridized carbons (Fsp3) is 0.143. The van der Waals surface area contributed by atoms with Crippen molar-refractivity contribution >= 4 is 17.2 Å². The first kappa shape index (κ1) is 19.0. The molecular formula is C21H19N5O2S. The van der Waals surface area contributed by atoms with E-state index in [9.17, 15) is 9.90 Å². The molecule has 1 amide bonds. The lowest BCUT2D eigenvalue weighted by Gasteiger charge is -2.04. The molecule has 1 unspecified atom stereocenters. The molecule has 7 nitrogen and oxygen atoms in total. The van der Waals surface area contributed by atoms with Crippen LogP contribution in [0.1, 0.15) is 33.3 Å². The van der Waals surface area contributed by atoms with Crippen LogP contribution >= 0.6 is 11.3 Å². The highest BCUT2D eigenvalue weighted by Gasteiger charge is 2.16. The summed E-state index contributed by atoms with van der Waals surface area (Å²) in [6, 6.07) is 13.6. The zero-order valence-electron chi connectivity index (χ0n) is 15.7. The van der Waals surface area contributed by atoms with Gasteiger partial charge in [-0.3, -0.25) is 9.78 Å². The van der Waals surface area contributed by atoms with Crippen molar-refractivity contribution in [1.82, 2.24) is 25.1 Å². The quantitative estimate of drug-likeness (QED) is 0.513. The molecular weight excluding hydrogens is 386 g/mol. The third-order valence-corrected chi connectivity index (χ3v) is 5.48. The monoisotopic (exact) mass is 405 g/mol. The van der Waals surface area contributed by atoms with Gasteiger partial charge in [-0.2, -0.15) is 5.10 Å². The number of carbonyl (C=O) groups excluding carboxylic acids is 1. The smallest absolute Gasteiger partial charge is 0.263 e. The van der Waals surface area contributed by atoms with Crippen LogP contribution in [0.2, 0.25) is 0 Å². The number of amides is 1. The number of nitrogens with one attached hydrogen (secondary N) is 1. The lowest BCUT2D eigenvalue weighted by Crippen LogP contribution is -2.21. The Kier molecular flexibility index (Phi) is 5.46. The zero-order chi connectivity index (χ0) is 20.2. The maximum atomic E-state index is 12.5. The molecule has 3 heterocycles. The van der Waals surface area contributed by atoms with Crippen molar-refractivity contribution < 1.29 is 9.90 Å². The molecule has 146 valence electrons. The fourth-order valence-electron chi connectivity index (χ4n) is 2.85. The molecule has 29 heavy (non-hydrogen) atoms. The number of nitrogens with zero attached hydrogens (tertiary/aromatic N) is 4. The van der Waals surface area contributed by atoms with Gasteiger partial charge in [-0.05, 0) is 31.2 Å². The molecule has 1 aromatic carbocycles. The fourth-order valence-corrected chi connectivity index (χ4v) is 3.62. The molecule has 0 fully saturated rings. The van der Waals surface area contributed by atoms with Crippen molar-refractivity contribution in [1.29, 1.82) is 0 Å². The number of thiazole rings is 1. The molecule has 4 rings (SSSR count). The van der Waals surface area contributed by atoms with Gasteiger partial charge in [-0.1, -0.05) is 18.2 Å². The van der Waals surface area contributed by atoms with Crippen LogP contribution in [0.4, 0.5) is 0 Å². The lowest BCUT2D eigenvalue weighted by molar-refractivity contribution is 0.0955. The van der Waals surface area contributed by atoms with Crippen molar-refractivity contribution in [2.24, 2.45) is 0 Å². The summed E-state index contributed by atoms with van der Waals surface area (Å²) in [7, 11) is 0. The number of aromatic nitrogens is 4. The second kappa shape index (κ2) is 8.34. The maximum absolute atomic E-state index is 12.5. The summed E-state index contributed by atoms with van der Waals surface area (Å²) in [5.74, 6) is -0.234. The van der Waals surface area contributed by atoms with E-state index in [1.807, 2.05) is 48.7 Å². The molecule has 3 aromatic heterocycles. The SMILES string of the molecule is CC(O)c1ncc(C(=O)NCc2cn(-c3ccccc3)nc2-c2ccncc2)s1. The van der Waals surface area contributed by atoms with Gasteiger partial charge in [0.2, 0.25) is 0 Å². The lowest BCUT2D eigenvalue weighted by atomic mass is 10.1. The van der Waals surface area contributed by atoms with E-state index < -0.39 is 6.10 Å². The minimum absolute atomic E-state index is 0.234. The first-order valence-corrected chi connectivity index (χ1v) is 9.90. The van der Waals surface area contributed by atoms with Gasteiger partial charge in [-0.15, -0.1) is 11.3 Å². The van der Waals surface area contributed by atoms with Crippen molar-refractivity contribution in [3.63, 3.8) is 0 Å². The molecule has 0 radical (unpaired) electrons. The molecule has 2 N–H and O–H groups in total. The number of hydrogen-bond donors (Lipinski definition) is 2. The minimum Gasteiger partial charge on any atom is -0.386 e. The van der Waals surface area contributed by atoms with E-state index in [0.29, 0.717) is 16.4 Å². The summed E-state index contributed by atoms with van der Waals surface area (Å²) in [6.07, 6.45) is 6.14. The number of aliphatic hydroxyl groups is 1. The molecule has 0 saturated carbocycles. The summed E-state index contributed by atoms with van der Waals surface area (Å²) < 4.78 is 1.80. The van der Waals surface area contributed by atoms with Gasteiger partial charge in [0, 0.05) is 36.3 Å². The molecule has 0 aliphatic rings. The summed E-state index contributed by atoms with van der Waals surface area (Å²) in [4.78, 5) is 21.1. The number of benzene rings is 1. The first-order chi connectivity index (χ1) is 14.1. The van der Waals surface area contributed by atoms with Crippen LogP contribution in [0.3, 0.4) is 0 Å². The Labute approximate surface area is 171 Å². The van der Waals surface area contributed by atoms with Crippen molar-refractivity contribution in [3.8, 4) is 16.9 Å². The van der Waals surface area contributed by atoms with E-state index in [1.54, 1.807) is 24.0 Å². The Hall–Kier alpha value is -3.36. The van der Waals surface area contributed by atoms with Crippen LogP contribution < -0.4 is 5.32 Å². The van der Waals surface area contributed by atoms with Crippen molar-refractivity contribution in [2.45, 2.75) is 19.6 Å². The Morgan fingerprint density at radius 1 is 1.21 bits per heavy atom. The number of pyridine rings is 1. The predicted octanol–water partition coefficient (Wildman–Crippen LogP) is 3.37. The topological polar surface area (TPSA) is 92.9 Å². The number of para-hydroxylation sites is 1. The third-order valence-electron chi connectivity index (χ3n) is 4.31. The largest absolute Gasteiger partial charge is 0.386 e. The second-order valence-corrected chi connectivity index (χ2v) is 7.50. The number of carbonyl (C=O) groups is 1. The van der Waals surface area contributed by atoms with E-state index in [0.717, 1.165) is 22.5 Å². The van der Waals surface area contributed by atoms with E-state index in [-0.39, 0.29) is 5.91 Å². The second-order valence-electron chi connectivity index (χ2n) is 6.44. The third kappa shape index (κ3) is 4.23. The standard InChI is InChI=1S/C21H19N5O2S/c1-14(27)21-24-12-18(29-21)20(28)23-11-16-13-26(17-5-3-2-4-6-17)25-19(16)15-7-9-22-10-8-15/h2-10,12-14,27H,11H2,1H3,(H,23,28). The highest BCUT2D eigenvalue weighted by molar-refractivity contribution is 7.13. The van der Waals surface area contributed by atoms with Gasteiger partial charge < -0.3 is 10.4 Å². The van der Waals surface area contributed by atoms with Crippen molar-refractivity contribution in [2.75, 3.05) is 0 Å². The molecule has 0 saturated heterocycles. The Balaban J connectivity index is 1.60. The average molecular weight is 405 g/mol. The first-order valence-electron chi connectivity index (χ1n) is 9.08. The molecule has 0 aliphatic carbocycles. The minimum atomic E-state index is -0.691. The zero-order valence-corrected chi connectivity index (χ0v) is 16.5. The summed E-state index contributed by atoms with van der Waals surface area (Å²) in [5.41, 5.74) is 3.52. The average Bonchev–Trinajstić information content (AvgIpc) is 3.41. The summed E-state index contributed by atoms with van der Waals surface area (Å²) in [6.45, 7) is 1.94. The highest BCUT2D eigenvalue weighted by atomic mass is 32.1. The number of hydrogen-bond acceptors (Lipinski definition) is 6. The van der Waals surface area contributed by atoms with Gasteiger partial charge in [0.1, 0.15) is 16.0 Å². The van der Waals surface area contributed by atoms with E-state index >= 15 is 0 Å². The van der Waals surface area contributed by atoms with E-state index in [1.165, 1.54) is 17.5 Å². The summed E-state index contributed by atoms with van der Waals surface area (Å²) >= 11 is 1.18. The number of aliphatic hydroxyl groups excluding tert-OH is 1. The van der Waals surface area contributed by atoms with Gasteiger partial charge in [0.25, 0.3) is 5.91 Å². The van der Waals surface area contributed by atoms with Crippen molar-refractivity contribution in [3.05, 3.63) is 82.7 Å². The molecule has 8 heteroatoms. The van der Waals surface area contributed by atoms with Crippen LogP contribution in [0.5, 0.6) is 0 Å². The Morgan fingerprint density at radius 3 is 2.66 bits per heavy atom. The molecule has 4 aromatic rings. The van der Waals surface area contributed by atoms with Crippen LogP contribution in [0, 0.1) is 0 Å². The Morgan fingerprint density at radius 2 is 1.97 bits per heavy atom.